The van der Waals surface area contributed by atoms with Gasteiger partial charge in [0, 0.05) is 17.1 Å². The number of carbonyl (C=O) groups excluding carboxylic acids is 1. The molecule has 3 rings (SSSR count). The zero-order chi connectivity index (χ0) is 17.6. The van der Waals surface area contributed by atoms with E-state index in [0.29, 0.717) is 33.1 Å². The van der Waals surface area contributed by atoms with Crippen molar-refractivity contribution in [3.8, 4) is 0 Å². The van der Waals surface area contributed by atoms with E-state index in [0.717, 1.165) is 7.05 Å². The number of hydrogen-bond acceptors (Lipinski definition) is 2. The van der Waals surface area contributed by atoms with Gasteiger partial charge >= 0.3 is 0 Å². The Balaban J connectivity index is 1.95. The van der Waals surface area contributed by atoms with Crippen LogP contribution in [0.1, 0.15) is 40.9 Å². The fraction of sp³-hybridized carbons (Fsp3) is 0.333. The van der Waals surface area contributed by atoms with Crippen LogP contribution < -0.4 is 5.32 Å². The first-order valence-electron chi connectivity index (χ1n) is 7.04. The maximum Gasteiger partial charge on any atom is 0.283 e. The standard InChI is InChI=1S/C15H12Cl2F3N3O/c1-23-13(20)10(11(22-23)12(18)19)14(24)21-15(4-5-15)8-6-7(16)2-3-9(8)17/h2-3,6,12H,4-5H2,1H3,(H,21,24). The summed E-state index contributed by atoms with van der Waals surface area (Å²) in [7, 11) is 1.15. The molecule has 1 amide bonds. The molecule has 128 valence electrons. The monoisotopic (exact) mass is 377 g/mol. The molecule has 0 bridgehead atoms. The van der Waals surface area contributed by atoms with Crippen LogP contribution in [-0.2, 0) is 12.6 Å². The van der Waals surface area contributed by atoms with Crippen LogP contribution in [0.5, 0.6) is 0 Å². The quantitative estimate of drug-likeness (QED) is 0.866. The lowest BCUT2D eigenvalue weighted by Crippen LogP contribution is -2.36. The van der Waals surface area contributed by atoms with E-state index in [1.165, 1.54) is 0 Å². The van der Waals surface area contributed by atoms with Gasteiger partial charge in [0.1, 0.15) is 11.3 Å². The normalized spacial score (nSPS) is 15.6. The fourth-order valence-electron chi connectivity index (χ4n) is 2.62. The van der Waals surface area contributed by atoms with Crippen LogP contribution in [0.15, 0.2) is 18.2 Å². The summed E-state index contributed by atoms with van der Waals surface area (Å²) in [6, 6.07) is 4.78. The molecule has 0 saturated heterocycles. The molecule has 1 saturated carbocycles. The minimum absolute atomic E-state index is 0.387. The maximum atomic E-state index is 14.0. The predicted octanol–water partition coefficient (Wildman–Crippen LogP) is 4.22. The van der Waals surface area contributed by atoms with E-state index in [-0.39, 0.29) is 0 Å². The molecule has 9 heteroatoms. The largest absolute Gasteiger partial charge is 0.342 e. The zero-order valence-electron chi connectivity index (χ0n) is 12.4. The van der Waals surface area contributed by atoms with Gasteiger partial charge in [0.2, 0.25) is 5.95 Å². The first-order valence-corrected chi connectivity index (χ1v) is 7.79. The van der Waals surface area contributed by atoms with Crippen molar-refractivity contribution >= 4 is 29.1 Å². The van der Waals surface area contributed by atoms with E-state index in [1.807, 2.05) is 0 Å². The van der Waals surface area contributed by atoms with E-state index in [2.05, 4.69) is 10.4 Å². The Bertz CT molecular complexity index is 819. The highest BCUT2D eigenvalue weighted by Gasteiger charge is 2.48. The summed E-state index contributed by atoms with van der Waals surface area (Å²) < 4.78 is 40.7. The van der Waals surface area contributed by atoms with Crippen LogP contribution >= 0.6 is 23.2 Å². The van der Waals surface area contributed by atoms with Crippen LogP contribution in [-0.4, -0.2) is 15.7 Å². The average molecular weight is 378 g/mol. The number of amides is 1. The Labute approximate surface area is 145 Å². The number of benzene rings is 1. The summed E-state index contributed by atoms with van der Waals surface area (Å²) in [4.78, 5) is 12.4. The molecular formula is C15H12Cl2F3N3O. The third-order valence-corrected chi connectivity index (χ3v) is 4.55. The van der Waals surface area contributed by atoms with Crippen LogP contribution in [0.25, 0.3) is 0 Å². The molecule has 0 unspecified atom stereocenters. The van der Waals surface area contributed by atoms with Gasteiger partial charge in [-0.15, -0.1) is 0 Å². The second-order valence-corrected chi connectivity index (χ2v) is 6.48. The molecule has 4 nitrogen and oxygen atoms in total. The Morgan fingerprint density at radius 2 is 2.04 bits per heavy atom. The molecule has 1 aliphatic carbocycles. The van der Waals surface area contributed by atoms with Gasteiger partial charge in [-0.05, 0) is 36.6 Å². The van der Waals surface area contributed by atoms with Crippen LogP contribution in [0, 0.1) is 5.95 Å². The Morgan fingerprint density at radius 1 is 1.38 bits per heavy atom. The van der Waals surface area contributed by atoms with Crippen molar-refractivity contribution < 1.29 is 18.0 Å². The van der Waals surface area contributed by atoms with Crippen molar-refractivity contribution in [2.75, 3.05) is 0 Å². The van der Waals surface area contributed by atoms with Gasteiger partial charge < -0.3 is 5.32 Å². The zero-order valence-corrected chi connectivity index (χ0v) is 13.9. The molecule has 1 aliphatic rings. The Morgan fingerprint density at radius 3 is 2.62 bits per heavy atom. The second kappa shape index (κ2) is 5.97. The van der Waals surface area contributed by atoms with Gasteiger partial charge in [-0.2, -0.15) is 9.49 Å². The van der Waals surface area contributed by atoms with Gasteiger partial charge in [0.25, 0.3) is 12.3 Å². The van der Waals surface area contributed by atoms with Gasteiger partial charge in [-0.1, -0.05) is 23.2 Å². The highest BCUT2D eigenvalue weighted by molar-refractivity contribution is 6.33. The molecule has 2 aromatic rings. The summed E-state index contributed by atoms with van der Waals surface area (Å²) in [6.07, 6.45) is -1.97. The van der Waals surface area contributed by atoms with Crippen molar-refractivity contribution in [1.82, 2.24) is 15.1 Å². The predicted molar refractivity (Wildman–Crippen MR) is 83.0 cm³/mol. The van der Waals surface area contributed by atoms with Crippen molar-refractivity contribution in [1.29, 1.82) is 0 Å². The highest BCUT2D eigenvalue weighted by atomic mass is 35.5. The molecule has 1 N–H and O–H groups in total. The van der Waals surface area contributed by atoms with Gasteiger partial charge in [0.15, 0.2) is 0 Å². The number of nitrogens with zero attached hydrogens (tertiary/aromatic N) is 2. The molecule has 1 heterocycles. The number of nitrogens with one attached hydrogen (secondary N) is 1. The fourth-order valence-corrected chi connectivity index (χ4v) is 3.09. The molecule has 24 heavy (non-hydrogen) atoms. The molecule has 0 atom stereocenters. The number of alkyl halides is 2. The van der Waals surface area contributed by atoms with E-state index < -0.39 is 35.1 Å². The van der Waals surface area contributed by atoms with E-state index in [4.69, 9.17) is 23.2 Å². The van der Waals surface area contributed by atoms with Gasteiger partial charge in [-0.3, -0.25) is 4.79 Å². The number of halogens is 5. The van der Waals surface area contributed by atoms with Gasteiger partial charge in [0.05, 0.1) is 5.54 Å². The molecule has 1 fully saturated rings. The minimum atomic E-state index is -3.06. The number of aromatic nitrogens is 2. The molecule has 0 spiro atoms. The Kier molecular flexibility index (Phi) is 4.25. The smallest absolute Gasteiger partial charge is 0.283 e. The summed E-state index contributed by atoms with van der Waals surface area (Å²) in [5.74, 6) is -2.07. The third kappa shape index (κ3) is 2.86. The SMILES string of the molecule is Cn1nc(C(F)F)c(C(=O)NC2(c3cc(Cl)ccc3Cl)CC2)c1F. The number of carbonyl (C=O) groups is 1. The summed E-state index contributed by atoms with van der Waals surface area (Å²) in [5, 5.41) is 6.79. The summed E-state index contributed by atoms with van der Waals surface area (Å²) in [6.45, 7) is 0. The summed E-state index contributed by atoms with van der Waals surface area (Å²) in [5.41, 5.74) is -1.90. The molecular weight excluding hydrogens is 366 g/mol. The van der Waals surface area contributed by atoms with Crippen molar-refractivity contribution in [3.63, 3.8) is 0 Å². The second-order valence-electron chi connectivity index (χ2n) is 5.64. The summed E-state index contributed by atoms with van der Waals surface area (Å²) >= 11 is 12.1. The van der Waals surface area contributed by atoms with Crippen LogP contribution in [0.2, 0.25) is 10.0 Å². The van der Waals surface area contributed by atoms with E-state index in [1.54, 1.807) is 18.2 Å². The first-order chi connectivity index (χ1) is 11.2. The topological polar surface area (TPSA) is 46.9 Å². The molecule has 1 aromatic carbocycles. The van der Waals surface area contributed by atoms with E-state index in [9.17, 15) is 18.0 Å². The van der Waals surface area contributed by atoms with Crippen LogP contribution in [0.3, 0.4) is 0 Å². The average Bonchev–Trinajstić information content (AvgIpc) is 3.22. The number of hydrogen-bond donors (Lipinski definition) is 1. The highest BCUT2D eigenvalue weighted by Crippen LogP contribution is 2.49. The number of aryl methyl sites for hydroxylation is 1. The molecule has 0 radical (unpaired) electrons. The maximum absolute atomic E-state index is 14.0. The van der Waals surface area contributed by atoms with Crippen LogP contribution in [0.4, 0.5) is 13.2 Å². The lowest BCUT2D eigenvalue weighted by Gasteiger charge is -2.19. The van der Waals surface area contributed by atoms with Crippen molar-refractivity contribution in [2.24, 2.45) is 7.05 Å². The minimum Gasteiger partial charge on any atom is -0.342 e. The third-order valence-electron chi connectivity index (χ3n) is 3.98. The number of rotatable bonds is 4. The molecule has 0 aliphatic heterocycles. The van der Waals surface area contributed by atoms with Crippen molar-refractivity contribution in [2.45, 2.75) is 24.8 Å². The Hall–Kier alpha value is -1.73. The van der Waals surface area contributed by atoms with Gasteiger partial charge in [-0.25, -0.2) is 13.5 Å². The lowest BCUT2D eigenvalue weighted by molar-refractivity contribution is 0.0911. The van der Waals surface area contributed by atoms with E-state index >= 15 is 0 Å². The molecule has 1 aromatic heterocycles. The lowest BCUT2D eigenvalue weighted by atomic mass is 10.0. The first kappa shape index (κ1) is 17.1. The van der Waals surface area contributed by atoms with Crippen molar-refractivity contribution in [3.05, 3.63) is 51.0 Å².